The summed E-state index contributed by atoms with van der Waals surface area (Å²) in [7, 11) is 0. The number of carbonyl (C=O) groups excluding carboxylic acids is 1. The second kappa shape index (κ2) is 8.12. The van der Waals surface area contributed by atoms with Crippen molar-refractivity contribution in [2.75, 3.05) is 0 Å². The Morgan fingerprint density at radius 2 is 1.77 bits per heavy atom. The summed E-state index contributed by atoms with van der Waals surface area (Å²) in [5, 5.41) is 0. The van der Waals surface area contributed by atoms with Gasteiger partial charge in [0.2, 0.25) is 0 Å². The van der Waals surface area contributed by atoms with Crippen LogP contribution >= 0.6 is 0 Å². The molecule has 0 saturated carbocycles. The van der Waals surface area contributed by atoms with Crippen LogP contribution in [0.2, 0.25) is 0 Å². The summed E-state index contributed by atoms with van der Waals surface area (Å²) in [5.41, 5.74) is 6.85. The molecule has 0 unspecified atom stereocenters. The van der Waals surface area contributed by atoms with E-state index in [1.807, 2.05) is 19.1 Å². The molecule has 120 valence electrons. The number of aldehydes is 1. The van der Waals surface area contributed by atoms with E-state index in [1.165, 1.54) is 41.6 Å². The van der Waals surface area contributed by atoms with Crippen molar-refractivity contribution < 1.29 is 4.79 Å². The highest BCUT2D eigenvalue weighted by Crippen LogP contribution is 2.41. The fourth-order valence-corrected chi connectivity index (χ4v) is 2.93. The lowest BCUT2D eigenvalue weighted by atomic mass is 9.72. The molecule has 0 spiro atoms. The lowest BCUT2D eigenvalue weighted by molar-refractivity contribution is -0.104. The minimum Gasteiger partial charge on any atom is -0.299 e. The Bertz CT molecular complexity index is 563. The molecule has 1 rings (SSSR count). The smallest absolute Gasteiger partial charge is 0.143 e. The monoisotopic (exact) mass is 298 g/mol. The maximum Gasteiger partial charge on any atom is 0.143 e. The summed E-state index contributed by atoms with van der Waals surface area (Å²) >= 11 is 0. The number of allylic oxidation sites excluding steroid dienone is 10. The maximum absolute atomic E-state index is 10.4. The van der Waals surface area contributed by atoms with Gasteiger partial charge in [-0.25, -0.2) is 0 Å². The van der Waals surface area contributed by atoms with E-state index in [0.29, 0.717) is 0 Å². The van der Waals surface area contributed by atoms with Crippen LogP contribution in [0, 0.1) is 5.41 Å². The molecule has 1 aliphatic rings. The van der Waals surface area contributed by atoms with Crippen molar-refractivity contribution in [2.24, 2.45) is 5.41 Å². The van der Waals surface area contributed by atoms with E-state index in [9.17, 15) is 4.79 Å². The van der Waals surface area contributed by atoms with Gasteiger partial charge in [-0.1, -0.05) is 43.7 Å². The third-order valence-electron chi connectivity index (χ3n) is 4.56. The van der Waals surface area contributed by atoms with E-state index in [4.69, 9.17) is 0 Å². The van der Waals surface area contributed by atoms with Crippen molar-refractivity contribution in [3.8, 4) is 0 Å². The predicted molar refractivity (Wildman–Crippen MR) is 96.8 cm³/mol. The number of rotatable bonds is 5. The SMILES string of the molecule is CC1=C(/C=C(C)/C(C)=C\C=C\C(C)=C/C=O)C(C)(C)CCC1. The molecule has 0 heterocycles. The Hall–Kier alpha value is -1.63. The van der Waals surface area contributed by atoms with Crippen LogP contribution in [0.25, 0.3) is 0 Å². The van der Waals surface area contributed by atoms with Gasteiger partial charge in [-0.15, -0.1) is 0 Å². The van der Waals surface area contributed by atoms with Gasteiger partial charge in [-0.05, 0) is 80.7 Å². The summed E-state index contributed by atoms with van der Waals surface area (Å²) in [4.78, 5) is 10.4. The van der Waals surface area contributed by atoms with Gasteiger partial charge in [0, 0.05) is 0 Å². The Balaban J connectivity index is 2.96. The largest absolute Gasteiger partial charge is 0.299 e. The van der Waals surface area contributed by atoms with E-state index in [0.717, 1.165) is 11.9 Å². The molecule has 0 atom stereocenters. The number of hydrogen-bond donors (Lipinski definition) is 0. The number of carbonyl (C=O) groups is 1. The molecule has 0 N–H and O–H groups in total. The third-order valence-corrected chi connectivity index (χ3v) is 4.56. The molecule has 1 nitrogen and oxygen atoms in total. The Labute approximate surface area is 136 Å². The van der Waals surface area contributed by atoms with E-state index in [2.05, 4.69) is 46.8 Å². The predicted octanol–water partition coefficient (Wildman–Crippen LogP) is 6.11. The molecule has 1 aliphatic carbocycles. The zero-order valence-electron chi connectivity index (χ0n) is 15.0. The zero-order chi connectivity index (χ0) is 16.8. The Morgan fingerprint density at radius 3 is 2.36 bits per heavy atom. The summed E-state index contributed by atoms with van der Waals surface area (Å²) in [5.74, 6) is 0. The Kier molecular flexibility index (Phi) is 6.80. The van der Waals surface area contributed by atoms with Crippen LogP contribution in [0.3, 0.4) is 0 Å². The highest BCUT2D eigenvalue weighted by molar-refractivity contribution is 5.67. The molecule has 0 saturated heterocycles. The van der Waals surface area contributed by atoms with Crippen LogP contribution in [0.4, 0.5) is 0 Å². The van der Waals surface area contributed by atoms with Crippen molar-refractivity contribution >= 4 is 6.29 Å². The van der Waals surface area contributed by atoms with Crippen LogP contribution in [0.15, 0.2) is 58.2 Å². The van der Waals surface area contributed by atoms with E-state index >= 15 is 0 Å². The average Bonchev–Trinajstić information content (AvgIpc) is 2.42. The lowest BCUT2D eigenvalue weighted by Gasteiger charge is -2.33. The van der Waals surface area contributed by atoms with Crippen LogP contribution in [-0.4, -0.2) is 6.29 Å². The molecular formula is C21H30O. The quantitative estimate of drug-likeness (QED) is 0.340. The summed E-state index contributed by atoms with van der Waals surface area (Å²) < 4.78 is 0. The van der Waals surface area contributed by atoms with E-state index in [-0.39, 0.29) is 5.41 Å². The first kappa shape index (κ1) is 18.4. The molecule has 1 heteroatoms. The fourth-order valence-electron chi connectivity index (χ4n) is 2.93. The molecular weight excluding hydrogens is 268 g/mol. The Morgan fingerprint density at radius 1 is 1.09 bits per heavy atom. The normalized spacial score (nSPS) is 20.7. The summed E-state index contributed by atoms with van der Waals surface area (Å²) in [6, 6.07) is 0. The second-order valence-electron chi connectivity index (χ2n) is 7.01. The highest BCUT2D eigenvalue weighted by atomic mass is 16.1. The van der Waals surface area contributed by atoms with Gasteiger partial charge in [-0.3, -0.25) is 4.79 Å². The minimum absolute atomic E-state index is 0.281. The first-order valence-corrected chi connectivity index (χ1v) is 8.14. The van der Waals surface area contributed by atoms with Gasteiger partial charge in [0.15, 0.2) is 0 Å². The third kappa shape index (κ3) is 5.29. The van der Waals surface area contributed by atoms with Crippen molar-refractivity contribution in [1.82, 2.24) is 0 Å². The molecule has 22 heavy (non-hydrogen) atoms. The van der Waals surface area contributed by atoms with Crippen molar-refractivity contribution in [1.29, 1.82) is 0 Å². The van der Waals surface area contributed by atoms with E-state index < -0.39 is 0 Å². The average molecular weight is 298 g/mol. The van der Waals surface area contributed by atoms with Crippen LogP contribution in [0.5, 0.6) is 0 Å². The topological polar surface area (TPSA) is 17.1 Å². The second-order valence-corrected chi connectivity index (χ2v) is 7.01. The van der Waals surface area contributed by atoms with Crippen molar-refractivity contribution in [3.05, 3.63) is 58.2 Å². The van der Waals surface area contributed by atoms with Crippen LogP contribution < -0.4 is 0 Å². The fraction of sp³-hybridized carbons (Fsp3) is 0.476. The van der Waals surface area contributed by atoms with Gasteiger partial charge in [0.25, 0.3) is 0 Å². The zero-order valence-corrected chi connectivity index (χ0v) is 15.0. The van der Waals surface area contributed by atoms with Gasteiger partial charge in [-0.2, -0.15) is 0 Å². The standard InChI is InChI=1S/C21H30O/c1-16(12-14-22)9-7-10-17(2)19(4)15-20-18(3)11-8-13-21(20,5)6/h7,9-10,12,14-15H,8,11,13H2,1-6H3/b9-7+,16-12-,17-10-,19-15+. The first-order valence-electron chi connectivity index (χ1n) is 8.14. The molecule has 0 aromatic carbocycles. The molecule has 0 aromatic rings. The lowest BCUT2D eigenvalue weighted by Crippen LogP contribution is -2.19. The van der Waals surface area contributed by atoms with Crippen molar-refractivity contribution in [2.45, 2.75) is 60.8 Å². The van der Waals surface area contributed by atoms with Crippen molar-refractivity contribution in [3.63, 3.8) is 0 Å². The molecule has 0 amide bonds. The van der Waals surface area contributed by atoms with E-state index in [1.54, 1.807) is 6.08 Å². The number of hydrogen-bond acceptors (Lipinski definition) is 1. The minimum atomic E-state index is 0.281. The summed E-state index contributed by atoms with van der Waals surface area (Å²) in [6.45, 7) is 13.2. The van der Waals surface area contributed by atoms with Gasteiger partial charge < -0.3 is 0 Å². The molecule has 0 aromatic heterocycles. The summed E-state index contributed by atoms with van der Waals surface area (Å²) in [6.07, 6.45) is 14.6. The van der Waals surface area contributed by atoms with Gasteiger partial charge in [0.1, 0.15) is 6.29 Å². The van der Waals surface area contributed by atoms with Crippen LogP contribution in [-0.2, 0) is 4.79 Å². The molecule has 0 radical (unpaired) electrons. The molecule has 0 aliphatic heterocycles. The maximum atomic E-state index is 10.4. The first-order chi connectivity index (χ1) is 10.3. The van der Waals surface area contributed by atoms with Crippen LogP contribution in [0.1, 0.15) is 60.8 Å². The molecule has 0 fully saturated rings. The highest BCUT2D eigenvalue weighted by Gasteiger charge is 2.26. The molecule has 0 bridgehead atoms. The van der Waals surface area contributed by atoms with Gasteiger partial charge >= 0.3 is 0 Å². The van der Waals surface area contributed by atoms with Gasteiger partial charge in [0.05, 0.1) is 0 Å².